The van der Waals surface area contributed by atoms with Crippen LogP contribution in [0.25, 0.3) is 0 Å². The molecule has 1 heterocycles. The number of hydrogen-bond acceptors (Lipinski definition) is 3. The smallest absolute Gasteiger partial charge is 0.264 e. The van der Waals surface area contributed by atoms with E-state index in [9.17, 15) is 13.2 Å². The molecule has 3 aromatic rings. The maximum absolute atomic E-state index is 13.3. The maximum atomic E-state index is 13.3. The molecule has 0 unspecified atom stereocenters. The van der Waals surface area contributed by atoms with Gasteiger partial charge in [0.1, 0.15) is 0 Å². The predicted molar refractivity (Wildman–Crippen MR) is 129 cm³/mol. The van der Waals surface area contributed by atoms with Crippen LogP contribution in [0.3, 0.4) is 0 Å². The van der Waals surface area contributed by atoms with Gasteiger partial charge in [-0.25, -0.2) is 8.42 Å². The minimum absolute atomic E-state index is 0.199. The van der Waals surface area contributed by atoms with Gasteiger partial charge in [0.2, 0.25) is 0 Å². The third kappa shape index (κ3) is 3.91. The maximum Gasteiger partial charge on any atom is 0.264 e. The van der Waals surface area contributed by atoms with E-state index >= 15 is 0 Å². The first kappa shape index (κ1) is 22.1. The standard InChI is InChI=1S/C26H28N2O3S/c1-16-6-9-23(10-7-16)32(30,31)28-20(5)14-22-15-21(8-11-24(22)28)26(29)27-25-18(3)12-17(2)13-19(25)4/h6-13,15,20H,14H2,1-5H3,(H,27,29)/t20-/m0/s1. The molecule has 32 heavy (non-hydrogen) atoms. The van der Waals surface area contributed by atoms with Crippen LogP contribution < -0.4 is 9.62 Å². The van der Waals surface area contributed by atoms with Crippen LogP contribution in [0.2, 0.25) is 0 Å². The topological polar surface area (TPSA) is 66.5 Å². The molecule has 0 fully saturated rings. The summed E-state index contributed by atoms with van der Waals surface area (Å²) < 4.78 is 28.1. The molecule has 6 heteroatoms. The van der Waals surface area contributed by atoms with Crippen molar-refractivity contribution in [2.45, 2.75) is 52.0 Å². The summed E-state index contributed by atoms with van der Waals surface area (Å²) in [6.45, 7) is 9.81. The van der Waals surface area contributed by atoms with E-state index < -0.39 is 10.0 Å². The minimum Gasteiger partial charge on any atom is -0.322 e. The molecule has 5 nitrogen and oxygen atoms in total. The summed E-state index contributed by atoms with van der Waals surface area (Å²) in [5, 5.41) is 3.03. The van der Waals surface area contributed by atoms with E-state index in [1.54, 1.807) is 36.4 Å². The number of hydrogen-bond donors (Lipinski definition) is 1. The monoisotopic (exact) mass is 448 g/mol. The summed E-state index contributed by atoms with van der Waals surface area (Å²) in [6, 6.07) is 16.0. The summed E-state index contributed by atoms with van der Waals surface area (Å²) in [7, 11) is -3.68. The van der Waals surface area contributed by atoms with Gasteiger partial charge in [0.25, 0.3) is 15.9 Å². The Balaban J connectivity index is 1.64. The molecule has 0 aliphatic carbocycles. The van der Waals surface area contributed by atoms with Gasteiger partial charge in [-0.3, -0.25) is 9.10 Å². The Kier molecular flexibility index (Phi) is 5.59. The van der Waals surface area contributed by atoms with Gasteiger partial charge >= 0.3 is 0 Å². The second kappa shape index (κ2) is 8.10. The Labute approximate surface area is 190 Å². The van der Waals surface area contributed by atoms with Crippen molar-refractivity contribution in [3.05, 3.63) is 88.0 Å². The molecule has 0 saturated heterocycles. The van der Waals surface area contributed by atoms with E-state index in [1.165, 1.54) is 4.31 Å². The lowest BCUT2D eigenvalue weighted by atomic mass is 10.0. The van der Waals surface area contributed by atoms with Gasteiger partial charge in [-0.05, 0) is 88.1 Å². The zero-order chi connectivity index (χ0) is 23.2. The fourth-order valence-corrected chi connectivity index (χ4v) is 6.19. The Morgan fingerprint density at radius 1 is 0.906 bits per heavy atom. The van der Waals surface area contributed by atoms with Crippen molar-refractivity contribution in [3.63, 3.8) is 0 Å². The number of nitrogens with zero attached hydrogens (tertiary/aromatic N) is 1. The van der Waals surface area contributed by atoms with E-state index in [1.807, 2.05) is 52.8 Å². The third-order valence-corrected chi connectivity index (χ3v) is 7.93. The molecule has 0 saturated carbocycles. The average molecular weight is 449 g/mol. The second-order valence-corrected chi connectivity index (χ2v) is 10.6. The van der Waals surface area contributed by atoms with E-state index in [0.29, 0.717) is 17.7 Å². The zero-order valence-corrected chi connectivity index (χ0v) is 19.9. The highest BCUT2D eigenvalue weighted by Crippen LogP contribution is 2.37. The molecule has 1 aliphatic rings. The van der Waals surface area contributed by atoms with Gasteiger partial charge in [-0.15, -0.1) is 0 Å². The lowest BCUT2D eigenvalue weighted by Gasteiger charge is -2.24. The molecule has 1 amide bonds. The lowest BCUT2D eigenvalue weighted by molar-refractivity contribution is 0.102. The summed E-state index contributed by atoms with van der Waals surface area (Å²) in [6.07, 6.45) is 0.560. The van der Waals surface area contributed by atoms with Crippen molar-refractivity contribution in [1.29, 1.82) is 0 Å². The van der Waals surface area contributed by atoms with Crippen molar-refractivity contribution in [3.8, 4) is 0 Å². The van der Waals surface area contributed by atoms with Crippen LogP contribution in [-0.2, 0) is 16.4 Å². The number of fused-ring (bicyclic) bond motifs is 1. The largest absolute Gasteiger partial charge is 0.322 e. The molecule has 4 rings (SSSR count). The number of sulfonamides is 1. The van der Waals surface area contributed by atoms with Crippen molar-refractivity contribution in [2.24, 2.45) is 0 Å². The van der Waals surface area contributed by atoms with E-state index in [4.69, 9.17) is 0 Å². The predicted octanol–water partition coefficient (Wildman–Crippen LogP) is 5.31. The van der Waals surface area contributed by atoms with Gasteiger partial charge in [0.15, 0.2) is 0 Å². The quantitative estimate of drug-likeness (QED) is 0.588. The summed E-state index contributed by atoms with van der Waals surface area (Å²) >= 11 is 0. The molecule has 0 bridgehead atoms. The first-order valence-electron chi connectivity index (χ1n) is 10.7. The molecular formula is C26H28N2O3S. The highest BCUT2D eigenvalue weighted by atomic mass is 32.2. The number of carbonyl (C=O) groups excluding carboxylic acids is 1. The number of amides is 1. The molecule has 3 aromatic carbocycles. The molecule has 0 spiro atoms. The van der Waals surface area contributed by atoms with Crippen LogP contribution in [0.5, 0.6) is 0 Å². The first-order valence-corrected chi connectivity index (χ1v) is 12.1. The molecule has 166 valence electrons. The summed E-state index contributed by atoms with van der Waals surface area (Å²) in [4.78, 5) is 13.2. The van der Waals surface area contributed by atoms with Gasteiger partial charge in [0, 0.05) is 17.3 Å². The third-order valence-electron chi connectivity index (χ3n) is 5.99. The van der Waals surface area contributed by atoms with Crippen molar-refractivity contribution in [1.82, 2.24) is 0 Å². The highest BCUT2D eigenvalue weighted by molar-refractivity contribution is 7.92. The van der Waals surface area contributed by atoms with E-state index in [-0.39, 0.29) is 16.8 Å². The van der Waals surface area contributed by atoms with Gasteiger partial charge in [-0.2, -0.15) is 0 Å². The normalized spacial score (nSPS) is 15.5. The SMILES string of the molecule is Cc1ccc(S(=O)(=O)N2c3ccc(C(=O)Nc4c(C)cc(C)cc4C)cc3C[C@@H]2C)cc1. The van der Waals surface area contributed by atoms with Gasteiger partial charge in [0.05, 0.1) is 10.6 Å². The van der Waals surface area contributed by atoms with E-state index in [2.05, 4.69) is 5.32 Å². The fraction of sp³-hybridized carbons (Fsp3) is 0.269. The number of nitrogens with one attached hydrogen (secondary N) is 1. The van der Waals surface area contributed by atoms with Gasteiger partial charge < -0.3 is 5.32 Å². The Hall–Kier alpha value is -3.12. The average Bonchev–Trinajstić information content (AvgIpc) is 3.06. The molecule has 1 atom stereocenters. The lowest BCUT2D eigenvalue weighted by Crippen LogP contribution is -2.35. The number of aryl methyl sites for hydroxylation is 4. The number of anilines is 2. The molecule has 0 radical (unpaired) electrons. The first-order chi connectivity index (χ1) is 15.1. The van der Waals surface area contributed by atoms with Crippen LogP contribution >= 0.6 is 0 Å². The Morgan fingerprint density at radius 2 is 1.53 bits per heavy atom. The Bertz CT molecular complexity index is 1290. The van der Waals surface area contributed by atoms with E-state index in [0.717, 1.165) is 33.5 Å². The van der Waals surface area contributed by atoms with Crippen molar-refractivity contribution >= 4 is 27.3 Å². The van der Waals surface area contributed by atoms with Crippen molar-refractivity contribution in [2.75, 3.05) is 9.62 Å². The number of rotatable bonds is 4. The second-order valence-electron chi connectivity index (χ2n) is 8.74. The molecule has 1 N–H and O–H groups in total. The van der Waals surface area contributed by atoms with Crippen LogP contribution in [0.15, 0.2) is 59.5 Å². The van der Waals surface area contributed by atoms with Crippen LogP contribution in [0.1, 0.15) is 45.1 Å². The molecular weight excluding hydrogens is 420 g/mol. The summed E-state index contributed by atoms with van der Waals surface area (Å²) in [5.41, 5.74) is 7.02. The molecule has 1 aliphatic heterocycles. The van der Waals surface area contributed by atoms with Crippen LogP contribution in [0, 0.1) is 27.7 Å². The zero-order valence-electron chi connectivity index (χ0n) is 19.1. The number of carbonyl (C=O) groups is 1. The molecule has 0 aromatic heterocycles. The van der Waals surface area contributed by atoms with Crippen molar-refractivity contribution < 1.29 is 13.2 Å². The highest BCUT2D eigenvalue weighted by Gasteiger charge is 2.36. The number of benzene rings is 3. The Morgan fingerprint density at radius 3 is 2.16 bits per heavy atom. The van der Waals surface area contributed by atoms with Gasteiger partial charge in [-0.1, -0.05) is 35.4 Å². The van der Waals surface area contributed by atoms with Crippen LogP contribution in [-0.4, -0.2) is 20.4 Å². The fourth-order valence-electron chi connectivity index (χ4n) is 4.50. The minimum atomic E-state index is -3.68. The summed E-state index contributed by atoms with van der Waals surface area (Å²) in [5.74, 6) is -0.199. The van der Waals surface area contributed by atoms with Crippen LogP contribution in [0.4, 0.5) is 11.4 Å².